The van der Waals surface area contributed by atoms with E-state index in [0.29, 0.717) is 5.56 Å². The molecule has 1 amide bonds. The highest BCUT2D eigenvalue weighted by atomic mass is 16.5. The molecule has 1 atom stereocenters. The van der Waals surface area contributed by atoms with Crippen molar-refractivity contribution in [2.45, 2.75) is 20.0 Å². The molecule has 1 saturated heterocycles. The third kappa shape index (κ3) is 4.42. The first-order valence-electron chi connectivity index (χ1n) is 9.01. The maximum absolute atomic E-state index is 12.3. The Hall–Kier alpha value is -2.37. The topological polar surface area (TPSA) is 61.8 Å². The summed E-state index contributed by atoms with van der Waals surface area (Å²) >= 11 is 0. The first-order valence-corrected chi connectivity index (χ1v) is 9.01. The molecular formula is C21H26N2O3. The van der Waals surface area contributed by atoms with E-state index in [4.69, 9.17) is 4.74 Å². The zero-order chi connectivity index (χ0) is 18.5. The molecule has 26 heavy (non-hydrogen) atoms. The highest BCUT2D eigenvalue weighted by molar-refractivity contribution is 5.94. The molecule has 3 rings (SSSR count). The first-order chi connectivity index (χ1) is 12.5. The van der Waals surface area contributed by atoms with Crippen LogP contribution in [0.5, 0.6) is 0 Å². The number of amides is 1. The summed E-state index contributed by atoms with van der Waals surface area (Å²) < 4.78 is 5.37. The Labute approximate surface area is 154 Å². The number of morpholine rings is 1. The number of hydrogen-bond acceptors (Lipinski definition) is 4. The standard InChI is InChI=1S/C21H26N2O3/c1-15-3-4-18(13-16(15)2)21(25)22-14-20(24)17-5-7-19(8-6-17)23-9-11-26-12-10-23/h3-8,13,20,24H,9-12,14H2,1-2H3,(H,22,25). The number of ether oxygens (including phenoxy) is 1. The molecule has 0 aliphatic carbocycles. The molecule has 2 aromatic carbocycles. The molecule has 0 aromatic heterocycles. The summed E-state index contributed by atoms with van der Waals surface area (Å²) in [5.41, 5.74) is 4.77. The van der Waals surface area contributed by atoms with Gasteiger partial charge in [0.1, 0.15) is 0 Å². The molecule has 138 valence electrons. The van der Waals surface area contributed by atoms with Crippen molar-refractivity contribution in [1.82, 2.24) is 5.32 Å². The number of nitrogens with one attached hydrogen (secondary N) is 1. The molecule has 0 saturated carbocycles. The summed E-state index contributed by atoms with van der Waals surface area (Å²) in [5.74, 6) is -0.169. The monoisotopic (exact) mass is 354 g/mol. The number of carbonyl (C=O) groups is 1. The van der Waals surface area contributed by atoms with Crippen LogP contribution >= 0.6 is 0 Å². The van der Waals surface area contributed by atoms with Gasteiger partial charge in [-0.3, -0.25) is 4.79 Å². The van der Waals surface area contributed by atoms with E-state index in [9.17, 15) is 9.90 Å². The number of aryl methyl sites for hydroxylation is 2. The normalized spacial score (nSPS) is 15.6. The maximum Gasteiger partial charge on any atom is 0.251 e. The lowest BCUT2D eigenvalue weighted by Gasteiger charge is -2.29. The van der Waals surface area contributed by atoms with Crippen LogP contribution in [-0.2, 0) is 4.74 Å². The molecule has 1 heterocycles. The van der Waals surface area contributed by atoms with E-state index >= 15 is 0 Å². The van der Waals surface area contributed by atoms with Gasteiger partial charge in [0.15, 0.2) is 0 Å². The van der Waals surface area contributed by atoms with Gasteiger partial charge in [0.05, 0.1) is 19.3 Å². The van der Waals surface area contributed by atoms with E-state index in [2.05, 4.69) is 10.2 Å². The van der Waals surface area contributed by atoms with Gasteiger partial charge >= 0.3 is 0 Å². The minimum atomic E-state index is -0.732. The van der Waals surface area contributed by atoms with Crippen LogP contribution in [0.25, 0.3) is 0 Å². The molecule has 1 aliphatic rings. The van der Waals surface area contributed by atoms with E-state index in [1.165, 1.54) is 0 Å². The SMILES string of the molecule is Cc1ccc(C(=O)NCC(O)c2ccc(N3CCOCC3)cc2)cc1C. The first kappa shape index (κ1) is 18.4. The lowest BCUT2D eigenvalue weighted by molar-refractivity contribution is 0.0916. The third-order valence-electron chi connectivity index (χ3n) is 4.88. The van der Waals surface area contributed by atoms with E-state index in [-0.39, 0.29) is 12.5 Å². The summed E-state index contributed by atoms with van der Waals surface area (Å²) in [5, 5.41) is 13.2. The number of benzene rings is 2. The summed E-state index contributed by atoms with van der Waals surface area (Å²) in [6, 6.07) is 13.5. The fraction of sp³-hybridized carbons (Fsp3) is 0.381. The minimum Gasteiger partial charge on any atom is -0.387 e. The summed E-state index contributed by atoms with van der Waals surface area (Å²) in [6.07, 6.45) is -0.732. The van der Waals surface area contributed by atoms with E-state index in [1.807, 2.05) is 50.2 Å². The number of nitrogens with zero attached hydrogens (tertiary/aromatic N) is 1. The Morgan fingerprint density at radius 3 is 2.46 bits per heavy atom. The van der Waals surface area contributed by atoms with Gasteiger partial charge in [-0.25, -0.2) is 0 Å². The summed E-state index contributed by atoms with van der Waals surface area (Å²) in [7, 11) is 0. The fourth-order valence-electron chi connectivity index (χ4n) is 3.02. The van der Waals surface area contributed by atoms with Crippen LogP contribution in [0.15, 0.2) is 42.5 Å². The lowest BCUT2D eigenvalue weighted by Crippen LogP contribution is -2.36. The Morgan fingerprint density at radius 2 is 1.81 bits per heavy atom. The number of carbonyl (C=O) groups excluding carboxylic acids is 1. The molecule has 1 fully saturated rings. The number of hydrogen-bond donors (Lipinski definition) is 2. The molecule has 5 heteroatoms. The van der Waals surface area contributed by atoms with Gasteiger partial charge in [0.2, 0.25) is 0 Å². The quantitative estimate of drug-likeness (QED) is 0.866. The lowest BCUT2D eigenvalue weighted by atomic mass is 10.1. The van der Waals surface area contributed by atoms with Gasteiger partial charge in [-0.05, 0) is 54.8 Å². The average molecular weight is 354 g/mol. The van der Waals surface area contributed by atoms with Crippen LogP contribution in [-0.4, -0.2) is 43.9 Å². The van der Waals surface area contributed by atoms with Crippen molar-refractivity contribution < 1.29 is 14.6 Å². The Bertz CT molecular complexity index is 752. The van der Waals surface area contributed by atoms with Gasteiger partial charge in [0.25, 0.3) is 5.91 Å². The molecule has 1 aliphatic heterocycles. The van der Waals surface area contributed by atoms with E-state index in [1.54, 1.807) is 6.07 Å². The van der Waals surface area contributed by atoms with Crippen LogP contribution in [0.1, 0.15) is 33.2 Å². The number of aliphatic hydroxyl groups is 1. The van der Waals surface area contributed by atoms with Crippen molar-refractivity contribution in [3.8, 4) is 0 Å². The van der Waals surface area contributed by atoms with Crippen LogP contribution < -0.4 is 10.2 Å². The average Bonchev–Trinajstić information content (AvgIpc) is 2.68. The molecular weight excluding hydrogens is 328 g/mol. The second-order valence-electron chi connectivity index (χ2n) is 6.72. The molecule has 5 nitrogen and oxygen atoms in total. The predicted octanol–water partition coefficient (Wildman–Crippen LogP) is 2.60. The van der Waals surface area contributed by atoms with Gasteiger partial charge in [-0.15, -0.1) is 0 Å². The van der Waals surface area contributed by atoms with Gasteiger partial charge in [0, 0.05) is 30.9 Å². The van der Waals surface area contributed by atoms with Crippen molar-refractivity contribution in [1.29, 1.82) is 0 Å². The Kier molecular flexibility index (Phi) is 5.91. The highest BCUT2D eigenvalue weighted by Gasteiger charge is 2.14. The number of anilines is 1. The highest BCUT2D eigenvalue weighted by Crippen LogP contribution is 2.20. The summed E-state index contributed by atoms with van der Waals surface area (Å²) in [4.78, 5) is 14.5. The van der Waals surface area contributed by atoms with Crippen molar-refractivity contribution in [2.24, 2.45) is 0 Å². The smallest absolute Gasteiger partial charge is 0.251 e. The van der Waals surface area contributed by atoms with E-state index in [0.717, 1.165) is 48.7 Å². The van der Waals surface area contributed by atoms with Crippen molar-refractivity contribution in [3.63, 3.8) is 0 Å². The van der Waals surface area contributed by atoms with Crippen molar-refractivity contribution in [2.75, 3.05) is 37.7 Å². The molecule has 2 N–H and O–H groups in total. The van der Waals surface area contributed by atoms with E-state index < -0.39 is 6.10 Å². The third-order valence-corrected chi connectivity index (χ3v) is 4.88. The summed E-state index contributed by atoms with van der Waals surface area (Å²) in [6.45, 7) is 7.44. The van der Waals surface area contributed by atoms with Gasteiger partial charge < -0.3 is 20.1 Å². The van der Waals surface area contributed by atoms with Crippen LogP contribution in [0, 0.1) is 13.8 Å². The molecule has 0 spiro atoms. The minimum absolute atomic E-state index is 0.169. The van der Waals surface area contributed by atoms with Crippen molar-refractivity contribution >= 4 is 11.6 Å². The van der Waals surface area contributed by atoms with Crippen LogP contribution in [0.2, 0.25) is 0 Å². The fourth-order valence-corrected chi connectivity index (χ4v) is 3.02. The number of rotatable bonds is 5. The van der Waals surface area contributed by atoms with Crippen LogP contribution in [0.3, 0.4) is 0 Å². The maximum atomic E-state index is 12.3. The second-order valence-corrected chi connectivity index (χ2v) is 6.72. The van der Waals surface area contributed by atoms with Crippen LogP contribution in [0.4, 0.5) is 5.69 Å². The Balaban J connectivity index is 1.56. The Morgan fingerprint density at radius 1 is 1.12 bits per heavy atom. The predicted molar refractivity (Wildman–Crippen MR) is 103 cm³/mol. The van der Waals surface area contributed by atoms with Gasteiger partial charge in [-0.2, -0.15) is 0 Å². The molecule has 0 radical (unpaired) electrons. The molecule has 1 unspecified atom stereocenters. The molecule has 2 aromatic rings. The molecule has 0 bridgehead atoms. The van der Waals surface area contributed by atoms with Crippen molar-refractivity contribution in [3.05, 3.63) is 64.7 Å². The number of aliphatic hydroxyl groups excluding tert-OH is 1. The second kappa shape index (κ2) is 8.34. The largest absolute Gasteiger partial charge is 0.387 e. The zero-order valence-corrected chi connectivity index (χ0v) is 15.4. The van der Waals surface area contributed by atoms with Gasteiger partial charge in [-0.1, -0.05) is 18.2 Å². The zero-order valence-electron chi connectivity index (χ0n) is 15.4.